The number of nitrogens with zero attached hydrogens (tertiary/aromatic N) is 4. The number of hydrogen-bond donors (Lipinski definition) is 1. The van der Waals surface area contributed by atoms with E-state index >= 15 is 0 Å². The van der Waals surface area contributed by atoms with Crippen LogP contribution in [0.15, 0.2) is 67.0 Å². The van der Waals surface area contributed by atoms with Crippen LogP contribution in [0.5, 0.6) is 0 Å². The van der Waals surface area contributed by atoms with Gasteiger partial charge in [-0.1, -0.05) is 60.7 Å². The molecule has 0 aliphatic heterocycles. The van der Waals surface area contributed by atoms with Crippen molar-refractivity contribution in [2.45, 2.75) is 25.3 Å². The molecule has 2 heterocycles. The van der Waals surface area contributed by atoms with Gasteiger partial charge < -0.3 is 5.32 Å². The molecule has 0 spiro atoms. The van der Waals surface area contributed by atoms with Gasteiger partial charge in [-0.15, -0.1) is 0 Å². The fourth-order valence-electron chi connectivity index (χ4n) is 3.76. The first-order chi connectivity index (χ1) is 12.9. The average Bonchev–Trinajstić information content (AvgIpc) is 3.35. The normalized spacial score (nSPS) is 13.3. The maximum absolute atomic E-state index is 4.68. The second-order valence-electron chi connectivity index (χ2n) is 6.61. The summed E-state index contributed by atoms with van der Waals surface area (Å²) in [7, 11) is 0. The Bertz CT molecular complexity index is 1000. The van der Waals surface area contributed by atoms with E-state index in [4.69, 9.17) is 0 Å². The van der Waals surface area contributed by atoms with Gasteiger partial charge in [-0.05, 0) is 30.4 Å². The van der Waals surface area contributed by atoms with Crippen LogP contribution in [0, 0.1) is 0 Å². The van der Waals surface area contributed by atoms with Gasteiger partial charge in [-0.3, -0.25) is 0 Å². The first-order valence-electron chi connectivity index (χ1n) is 8.98. The lowest BCUT2D eigenvalue weighted by atomic mass is 9.98. The van der Waals surface area contributed by atoms with Crippen molar-refractivity contribution in [3.05, 3.63) is 89.4 Å². The first-order valence-corrected chi connectivity index (χ1v) is 8.98. The minimum Gasteiger partial charge on any atom is -0.359 e. The monoisotopic (exact) mass is 341 g/mol. The number of rotatable bonds is 4. The molecule has 128 valence electrons. The summed E-state index contributed by atoms with van der Waals surface area (Å²) in [4.78, 5) is 8.99. The maximum Gasteiger partial charge on any atom is 0.254 e. The van der Waals surface area contributed by atoms with Crippen molar-refractivity contribution in [2.75, 3.05) is 5.32 Å². The number of benzene rings is 2. The minimum absolute atomic E-state index is 0.0388. The lowest BCUT2D eigenvalue weighted by molar-refractivity contribution is 0.857. The van der Waals surface area contributed by atoms with Crippen LogP contribution in [0.1, 0.15) is 34.8 Å². The third kappa shape index (κ3) is 2.52. The average molecular weight is 341 g/mol. The highest BCUT2D eigenvalue weighted by molar-refractivity contribution is 5.57. The molecule has 0 saturated carbocycles. The molecule has 0 atom stereocenters. The van der Waals surface area contributed by atoms with Crippen molar-refractivity contribution in [3.63, 3.8) is 0 Å². The molecule has 5 heteroatoms. The van der Waals surface area contributed by atoms with Gasteiger partial charge in [0.05, 0.1) is 11.7 Å². The molecule has 5 rings (SSSR count). The van der Waals surface area contributed by atoms with Crippen LogP contribution in [0.2, 0.25) is 0 Å². The molecule has 0 fully saturated rings. The van der Waals surface area contributed by atoms with Crippen molar-refractivity contribution >= 4 is 11.6 Å². The van der Waals surface area contributed by atoms with Crippen LogP contribution in [-0.4, -0.2) is 19.6 Å². The zero-order chi connectivity index (χ0) is 17.3. The molecular weight excluding hydrogens is 322 g/mol. The van der Waals surface area contributed by atoms with E-state index in [0.29, 0.717) is 5.78 Å². The molecular formula is C21H19N5. The highest BCUT2D eigenvalue weighted by Crippen LogP contribution is 2.32. The smallest absolute Gasteiger partial charge is 0.254 e. The van der Waals surface area contributed by atoms with Crippen molar-refractivity contribution in [1.29, 1.82) is 0 Å². The summed E-state index contributed by atoms with van der Waals surface area (Å²) in [6.07, 6.45) is 4.74. The van der Waals surface area contributed by atoms with Crippen molar-refractivity contribution < 1.29 is 0 Å². The largest absolute Gasteiger partial charge is 0.359 e. The highest BCUT2D eigenvalue weighted by Gasteiger charge is 2.24. The van der Waals surface area contributed by atoms with Crippen LogP contribution >= 0.6 is 0 Å². The molecule has 1 aliphatic carbocycles. The molecule has 0 saturated heterocycles. The number of nitrogens with one attached hydrogen (secondary N) is 1. The predicted octanol–water partition coefficient (Wildman–Crippen LogP) is 3.81. The SMILES string of the molecule is c1ccc(C(Nc2c3c(nc4ncnn24)CCC3)c2ccccc2)cc1. The number of aryl methyl sites for hydroxylation is 1. The Labute approximate surface area is 151 Å². The quantitative estimate of drug-likeness (QED) is 0.613. The first kappa shape index (κ1) is 15.1. The van der Waals surface area contributed by atoms with Crippen molar-refractivity contribution in [3.8, 4) is 0 Å². The van der Waals surface area contributed by atoms with Crippen molar-refractivity contribution in [1.82, 2.24) is 19.6 Å². The molecule has 5 nitrogen and oxygen atoms in total. The molecule has 0 unspecified atom stereocenters. The predicted molar refractivity (Wildman–Crippen MR) is 101 cm³/mol. The standard InChI is InChI=1S/C21H19N5/c1-3-8-15(9-4-1)19(16-10-5-2-6-11-16)25-20-17-12-7-13-18(17)24-21-22-14-23-26(20)21/h1-6,8-11,14,19,25H,7,12-13H2. The van der Waals surface area contributed by atoms with Gasteiger partial charge in [0.15, 0.2) is 0 Å². The Morgan fingerprint density at radius 1 is 0.885 bits per heavy atom. The van der Waals surface area contributed by atoms with E-state index in [1.54, 1.807) is 6.33 Å². The lowest BCUT2D eigenvalue weighted by Crippen LogP contribution is -2.17. The second kappa shape index (κ2) is 6.26. The Morgan fingerprint density at radius 2 is 1.58 bits per heavy atom. The summed E-state index contributed by atoms with van der Waals surface area (Å²) < 4.78 is 1.84. The lowest BCUT2D eigenvalue weighted by Gasteiger charge is -2.23. The third-order valence-electron chi connectivity index (χ3n) is 5.00. The van der Waals surface area contributed by atoms with Gasteiger partial charge in [-0.25, -0.2) is 4.98 Å². The van der Waals surface area contributed by atoms with Crippen LogP contribution < -0.4 is 5.32 Å². The highest BCUT2D eigenvalue weighted by atomic mass is 15.4. The Hall–Kier alpha value is -3.21. The van der Waals surface area contributed by atoms with E-state index < -0.39 is 0 Å². The van der Waals surface area contributed by atoms with Gasteiger partial charge in [0.1, 0.15) is 12.1 Å². The van der Waals surface area contributed by atoms with Gasteiger partial charge in [0, 0.05) is 5.56 Å². The molecule has 0 bridgehead atoms. The summed E-state index contributed by atoms with van der Waals surface area (Å²) >= 11 is 0. The summed E-state index contributed by atoms with van der Waals surface area (Å²) in [5.41, 5.74) is 4.85. The molecule has 1 N–H and O–H groups in total. The molecule has 2 aromatic heterocycles. The number of anilines is 1. The van der Waals surface area contributed by atoms with Gasteiger partial charge in [-0.2, -0.15) is 14.6 Å². The van der Waals surface area contributed by atoms with Gasteiger partial charge in [0.25, 0.3) is 5.78 Å². The zero-order valence-electron chi connectivity index (χ0n) is 14.3. The topological polar surface area (TPSA) is 55.1 Å². The Kier molecular flexibility index (Phi) is 3.63. The Morgan fingerprint density at radius 3 is 2.27 bits per heavy atom. The van der Waals surface area contributed by atoms with Crippen LogP contribution in [0.4, 0.5) is 5.82 Å². The van der Waals surface area contributed by atoms with Crippen LogP contribution in [0.25, 0.3) is 5.78 Å². The number of fused-ring (bicyclic) bond motifs is 2. The number of hydrogen-bond acceptors (Lipinski definition) is 4. The Balaban J connectivity index is 1.66. The van der Waals surface area contributed by atoms with E-state index in [-0.39, 0.29) is 6.04 Å². The number of aromatic nitrogens is 4. The van der Waals surface area contributed by atoms with E-state index in [9.17, 15) is 0 Å². The van der Waals surface area contributed by atoms with Crippen LogP contribution in [0.3, 0.4) is 0 Å². The third-order valence-corrected chi connectivity index (χ3v) is 5.00. The summed E-state index contributed by atoms with van der Waals surface area (Å²) in [5, 5.41) is 8.18. The van der Waals surface area contributed by atoms with E-state index in [1.807, 2.05) is 16.6 Å². The molecule has 2 aromatic carbocycles. The molecule has 1 aliphatic rings. The van der Waals surface area contributed by atoms with Crippen molar-refractivity contribution in [2.24, 2.45) is 0 Å². The molecule has 0 amide bonds. The van der Waals surface area contributed by atoms with E-state index in [2.05, 4.69) is 68.9 Å². The summed E-state index contributed by atoms with van der Waals surface area (Å²) in [6.45, 7) is 0. The minimum atomic E-state index is 0.0388. The zero-order valence-corrected chi connectivity index (χ0v) is 14.3. The second-order valence-corrected chi connectivity index (χ2v) is 6.61. The fraction of sp³-hybridized carbons (Fsp3) is 0.190. The summed E-state index contributed by atoms with van der Waals surface area (Å²) in [5.74, 6) is 1.67. The van der Waals surface area contributed by atoms with Gasteiger partial charge >= 0.3 is 0 Å². The van der Waals surface area contributed by atoms with Gasteiger partial charge in [0.2, 0.25) is 0 Å². The molecule has 0 radical (unpaired) electrons. The van der Waals surface area contributed by atoms with E-state index in [0.717, 1.165) is 30.8 Å². The fourth-order valence-corrected chi connectivity index (χ4v) is 3.76. The summed E-state index contributed by atoms with van der Waals surface area (Å²) in [6, 6.07) is 21.1. The maximum atomic E-state index is 4.68. The van der Waals surface area contributed by atoms with E-state index in [1.165, 1.54) is 16.7 Å². The van der Waals surface area contributed by atoms with Crippen LogP contribution in [-0.2, 0) is 12.8 Å². The molecule has 26 heavy (non-hydrogen) atoms. The molecule has 4 aromatic rings.